The highest BCUT2D eigenvalue weighted by molar-refractivity contribution is 5.81. The van der Waals surface area contributed by atoms with Crippen molar-refractivity contribution in [2.75, 3.05) is 0 Å². The predicted molar refractivity (Wildman–Crippen MR) is 126 cm³/mol. The minimum atomic E-state index is 1.21. The van der Waals surface area contributed by atoms with Crippen molar-refractivity contribution in [3.63, 3.8) is 0 Å². The number of hydrogen-bond acceptors (Lipinski definition) is 0. The zero-order valence-electron chi connectivity index (χ0n) is 17.7. The minimum absolute atomic E-state index is 1.21. The van der Waals surface area contributed by atoms with Crippen molar-refractivity contribution in [2.45, 2.75) is 70.6 Å². The largest absolute Gasteiger partial charge is 0.0853 e. The first-order valence-corrected chi connectivity index (χ1v) is 11.6. The van der Waals surface area contributed by atoms with Crippen LogP contribution in [0.25, 0.3) is 5.57 Å². The molecule has 2 saturated carbocycles. The lowest BCUT2D eigenvalue weighted by atomic mass is 9.92. The van der Waals surface area contributed by atoms with E-state index >= 15 is 0 Å². The molecule has 0 radical (unpaired) electrons. The summed E-state index contributed by atoms with van der Waals surface area (Å²) in [6.45, 7) is 0. The molecule has 0 amide bonds. The number of benzene rings is 2. The van der Waals surface area contributed by atoms with Crippen LogP contribution in [0.5, 0.6) is 0 Å². The maximum absolute atomic E-state index is 2.54. The molecule has 0 aromatic heterocycles. The standard InChI is InChI=1S/C29H34/c1-3-18-26(19-4-1)29(27-20-5-2-6-21-27)23-28(25-16-11-12-17-25)22-10-9-15-24-13-7-8-14-24/h1-6,15,18-21,23H,7-14,16-17,22H2. The van der Waals surface area contributed by atoms with Crippen LogP contribution >= 0.6 is 0 Å². The lowest BCUT2D eigenvalue weighted by Gasteiger charge is -2.13. The van der Waals surface area contributed by atoms with E-state index in [0.29, 0.717) is 0 Å². The molecule has 2 aromatic rings. The van der Waals surface area contributed by atoms with E-state index in [1.807, 2.05) is 0 Å². The summed E-state index contributed by atoms with van der Waals surface area (Å²) in [7, 11) is 0. The van der Waals surface area contributed by atoms with Crippen molar-refractivity contribution >= 4 is 5.57 Å². The maximum atomic E-state index is 2.54. The minimum Gasteiger partial charge on any atom is -0.0853 e. The number of hydrogen-bond donors (Lipinski definition) is 0. The van der Waals surface area contributed by atoms with Gasteiger partial charge in [0.15, 0.2) is 0 Å². The topological polar surface area (TPSA) is 0 Å². The molecule has 0 atom stereocenters. The van der Waals surface area contributed by atoms with E-state index in [-0.39, 0.29) is 0 Å². The van der Waals surface area contributed by atoms with Crippen LogP contribution in [0.1, 0.15) is 81.8 Å². The second kappa shape index (κ2) is 10.4. The fourth-order valence-electron chi connectivity index (χ4n) is 4.85. The van der Waals surface area contributed by atoms with Gasteiger partial charge in [-0.15, -0.1) is 0 Å². The van der Waals surface area contributed by atoms with E-state index in [0.717, 1.165) is 0 Å². The van der Waals surface area contributed by atoms with E-state index < -0.39 is 0 Å². The third kappa shape index (κ3) is 5.60. The van der Waals surface area contributed by atoms with Gasteiger partial charge in [-0.25, -0.2) is 0 Å². The van der Waals surface area contributed by atoms with E-state index in [1.165, 1.54) is 87.3 Å². The summed E-state index contributed by atoms with van der Waals surface area (Å²) in [6, 6.07) is 21.8. The first-order chi connectivity index (χ1) is 14.4. The predicted octanol–water partition coefficient (Wildman–Crippen LogP) is 8.66. The Morgan fingerprint density at radius 2 is 1.24 bits per heavy atom. The van der Waals surface area contributed by atoms with Crippen molar-refractivity contribution in [3.8, 4) is 0 Å². The first-order valence-electron chi connectivity index (χ1n) is 11.6. The average molecular weight is 383 g/mol. The van der Waals surface area contributed by atoms with Gasteiger partial charge in [0, 0.05) is 0 Å². The molecule has 0 spiro atoms. The van der Waals surface area contributed by atoms with Crippen LogP contribution in [0.15, 0.2) is 89.5 Å². The second-order valence-electron chi connectivity index (χ2n) is 8.59. The lowest BCUT2D eigenvalue weighted by Crippen LogP contribution is -1.93. The Balaban J connectivity index is 1.60. The molecule has 2 aliphatic carbocycles. The highest BCUT2D eigenvalue weighted by Crippen LogP contribution is 2.33. The van der Waals surface area contributed by atoms with E-state index in [2.05, 4.69) is 72.8 Å². The average Bonchev–Trinajstić information content (AvgIpc) is 3.49. The molecule has 29 heavy (non-hydrogen) atoms. The number of allylic oxidation sites excluding steroid dienone is 5. The molecule has 0 nitrogen and oxygen atoms in total. The van der Waals surface area contributed by atoms with Crippen molar-refractivity contribution in [3.05, 3.63) is 101 Å². The van der Waals surface area contributed by atoms with Crippen molar-refractivity contribution in [1.82, 2.24) is 0 Å². The van der Waals surface area contributed by atoms with Gasteiger partial charge < -0.3 is 0 Å². The number of unbranched alkanes of at least 4 members (excludes halogenated alkanes) is 1. The Morgan fingerprint density at radius 3 is 1.83 bits per heavy atom. The second-order valence-corrected chi connectivity index (χ2v) is 8.59. The smallest absolute Gasteiger partial charge is 0.0109 e. The summed E-state index contributed by atoms with van der Waals surface area (Å²) in [5.74, 6) is 0. The van der Waals surface area contributed by atoms with Gasteiger partial charge >= 0.3 is 0 Å². The monoisotopic (exact) mass is 382 g/mol. The van der Waals surface area contributed by atoms with E-state index in [4.69, 9.17) is 0 Å². The molecule has 0 bridgehead atoms. The molecule has 4 rings (SSSR count). The fourth-order valence-corrected chi connectivity index (χ4v) is 4.85. The lowest BCUT2D eigenvalue weighted by molar-refractivity contribution is 0.823. The van der Waals surface area contributed by atoms with Gasteiger partial charge in [0.05, 0.1) is 0 Å². The van der Waals surface area contributed by atoms with Gasteiger partial charge in [0.25, 0.3) is 0 Å². The van der Waals surface area contributed by atoms with E-state index in [9.17, 15) is 0 Å². The number of rotatable bonds is 7. The normalized spacial score (nSPS) is 16.1. The Hall–Kier alpha value is -2.34. The molecule has 150 valence electrons. The molecule has 0 saturated heterocycles. The molecule has 0 N–H and O–H groups in total. The summed E-state index contributed by atoms with van der Waals surface area (Å²) < 4.78 is 0. The third-order valence-corrected chi connectivity index (χ3v) is 6.48. The van der Waals surface area contributed by atoms with Crippen molar-refractivity contribution < 1.29 is 0 Å². The Kier molecular flexibility index (Phi) is 7.18. The molecular formula is C29H34. The maximum Gasteiger partial charge on any atom is -0.0109 e. The Labute approximate surface area is 177 Å². The highest BCUT2D eigenvalue weighted by atomic mass is 14.2. The SMILES string of the molecule is C(CCCC(C=C(c1ccccc1)c1ccccc1)=C1CCCC1)=C1CCCC1. The summed E-state index contributed by atoms with van der Waals surface area (Å²) in [5.41, 5.74) is 9.04. The highest BCUT2D eigenvalue weighted by Gasteiger charge is 2.13. The summed E-state index contributed by atoms with van der Waals surface area (Å²) >= 11 is 0. The van der Waals surface area contributed by atoms with Crippen LogP contribution in [0.2, 0.25) is 0 Å². The zero-order chi connectivity index (χ0) is 19.7. The fraction of sp³-hybridized carbons (Fsp3) is 0.379. The van der Waals surface area contributed by atoms with Gasteiger partial charge in [-0.2, -0.15) is 0 Å². The zero-order valence-corrected chi connectivity index (χ0v) is 17.7. The molecule has 2 aromatic carbocycles. The van der Waals surface area contributed by atoms with Crippen molar-refractivity contribution in [2.24, 2.45) is 0 Å². The van der Waals surface area contributed by atoms with Gasteiger partial charge in [0.2, 0.25) is 0 Å². The molecule has 0 unspecified atom stereocenters. The summed E-state index contributed by atoms with van der Waals surface area (Å²) in [4.78, 5) is 0. The molecule has 0 heteroatoms. The first kappa shape index (κ1) is 20.0. The Bertz CT molecular complexity index is 807. The van der Waals surface area contributed by atoms with Gasteiger partial charge in [-0.1, -0.05) is 84.0 Å². The molecule has 2 aliphatic rings. The van der Waals surface area contributed by atoms with Gasteiger partial charge in [0.1, 0.15) is 0 Å². The molecule has 2 fully saturated rings. The van der Waals surface area contributed by atoms with Crippen LogP contribution in [0, 0.1) is 0 Å². The quantitative estimate of drug-likeness (QED) is 0.332. The molecule has 0 aliphatic heterocycles. The van der Waals surface area contributed by atoms with Crippen molar-refractivity contribution in [1.29, 1.82) is 0 Å². The molecular weight excluding hydrogens is 348 g/mol. The third-order valence-electron chi connectivity index (χ3n) is 6.48. The van der Waals surface area contributed by atoms with Gasteiger partial charge in [-0.3, -0.25) is 0 Å². The van der Waals surface area contributed by atoms with E-state index in [1.54, 1.807) is 16.7 Å². The van der Waals surface area contributed by atoms with Gasteiger partial charge in [-0.05, 0) is 92.9 Å². The van der Waals surface area contributed by atoms with Crippen LogP contribution in [0.3, 0.4) is 0 Å². The van der Waals surface area contributed by atoms with Crippen LogP contribution < -0.4 is 0 Å². The summed E-state index contributed by atoms with van der Waals surface area (Å²) in [6.07, 6.45) is 19.6. The Morgan fingerprint density at radius 1 is 0.690 bits per heavy atom. The van der Waals surface area contributed by atoms with Crippen LogP contribution in [-0.2, 0) is 0 Å². The van der Waals surface area contributed by atoms with Crippen LogP contribution in [0.4, 0.5) is 0 Å². The molecule has 0 heterocycles. The van der Waals surface area contributed by atoms with Crippen LogP contribution in [-0.4, -0.2) is 0 Å². The summed E-state index contributed by atoms with van der Waals surface area (Å²) in [5, 5.41) is 0.